The molecule has 0 aromatic rings. The average molecular weight is 183 g/mol. The summed E-state index contributed by atoms with van der Waals surface area (Å²) in [6.07, 6.45) is 7.83. The van der Waals surface area contributed by atoms with E-state index in [9.17, 15) is 5.21 Å². The molecule has 0 amide bonds. The van der Waals surface area contributed by atoms with Gasteiger partial charge in [0.1, 0.15) is 0 Å². The van der Waals surface area contributed by atoms with Crippen LogP contribution in [0.1, 0.15) is 58.8 Å². The third-order valence-electron chi connectivity index (χ3n) is 3.03. The van der Waals surface area contributed by atoms with E-state index in [1.807, 2.05) is 0 Å². The van der Waals surface area contributed by atoms with Crippen LogP contribution >= 0.6 is 0 Å². The summed E-state index contributed by atoms with van der Waals surface area (Å²) in [5, 5.41) is 11.8. The minimum atomic E-state index is 0.295. The van der Waals surface area contributed by atoms with Gasteiger partial charge in [-0.15, -0.1) is 0 Å². The molecule has 0 aromatic carbocycles. The molecule has 0 heterocycles. The van der Waals surface area contributed by atoms with Crippen LogP contribution in [0.25, 0.3) is 0 Å². The number of hydrogen-bond acceptors (Lipinski definition) is 1. The number of rotatable bonds is 3. The zero-order valence-electron chi connectivity index (χ0n) is 8.88. The predicted molar refractivity (Wildman–Crippen MR) is 56.1 cm³/mol. The van der Waals surface area contributed by atoms with Crippen molar-refractivity contribution >= 4 is 5.71 Å². The maximum Gasteiger partial charge on any atom is 0.163 e. The first kappa shape index (κ1) is 10.6. The van der Waals surface area contributed by atoms with E-state index in [4.69, 9.17) is 0 Å². The van der Waals surface area contributed by atoms with Crippen molar-refractivity contribution in [3.63, 3.8) is 0 Å². The van der Waals surface area contributed by atoms with E-state index in [-0.39, 0.29) is 0 Å². The van der Waals surface area contributed by atoms with Gasteiger partial charge in [0.25, 0.3) is 0 Å². The summed E-state index contributed by atoms with van der Waals surface area (Å²) in [6.45, 7) is 4.15. The predicted octanol–water partition coefficient (Wildman–Crippen LogP) is 3.09. The lowest BCUT2D eigenvalue weighted by Crippen LogP contribution is -2.29. The molecule has 0 aliphatic heterocycles. The van der Waals surface area contributed by atoms with Gasteiger partial charge in [-0.2, -0.15) is 0 Å². The van der Waals surface area contributed by atoms with E-state index in [2.05, 4.69) is 13.8 Å². The zero-order chi connectivity index (χ0) is 9.68. The van der Waals surface area contributed by atoms with Crippen molar-refractivity contribution < 1.29 is 4.74 Å². The van der Waals surface area contributed by atoms with Gasteiger partial charge in [-0.25, -0.2) is 4.74 Å². The van der Waals surface area contributed by atoms with E-state index >= 15 is 0 Å². The smallest absolute Gasteiger partial charge is 0.163 e. The van der Waals surface area contributed by atoms with Crippen LogP contribution < -0.4 is 0 Å². The fourth-order valence-corrected chi connectivity index (χ4v) is 2.14. The van der Waals surface area contributed by atoms with Crippen LogP contribution in [0.5, 0.6) is 0 Å². The summed E-state index contributed by atoms with van der Waals surface area (Å²) in [5.74, 6) is 0. The van der Waals surface area contributed by atoms with Crippen molar-refractivity contribution in [3.05, 3.63) is 5.21 Å². The first-order chi connectivity index (χ1) is 6.29. The molecule has 1 fully saturated rings. The molecule has 2 nitrogen and oxygen atoms in total. The molecule has 76 valence electrons. The monoisotopic (exact) mass is 183 g/mol. The highest BCUT2D eigenvalue weighted by molar-refractivity contribution is 5.79. The first-order valence-corrected chi connectivity index (χ1v) is 5.60. The van der Waals surface area contributed by atoms with Gasteiger partial charge < -0.3 is 5.21 Å². The third kappa shape index (κ3) is 2.71. The fourth-order valence-electron chi connectivity index (χ4n) is 2.14. The Bertz CT molecular complexity index is 175. The largest absolute Gasteiger partial charge is 0.624 e. The molecule has 0 aromatic heterocycles. The number of hydrogen-bond donors (Lipinski definition) is 0. The van der Waals surface area contributed by atoms with Gasteiger partial charge in [0.15, 0.2) is 11.8 Å². The lowest BCUT2D eigenvalue weighted by molar-refractivity contribution is -0.507. The molecule has 0 unspecified atom stereocenters. The molecular formula is C11H21NO. The molecule has 1 aliphatic rings. The summed E-state index contributed by atoms with van der Waals surface area (Å²) < 4.78 is 1.30. The Morgan fingerprint density at radius 1 is 1.15 bits per heavy atom. The van der Waals surface area contributed by atoms with Crippen LogP contribution in [0, 0.1) is 5.21 Å². The second-order valence-electron chi connectivity index (χ2n) is 3.89. The van der Waals surface area contributed by atoms with Gasteiger partial charge in [0.2, 0.25) is 0 Å². The van der Waals surface area contributed by atoms with Crippen LogP contribution in [0.3, 0.4) is 0 Å². The van der Waals surface area contributed by atoms with E-state index in [0.29, 0.717) is 6.04 Å². The first-order valence-electron chi connectivity index (χ1n) is 5.60. The zero-order valence-corrected chi connectivity index (χ0v) is 8.88. The topological polar surface area (TPSA) is 26.1 Å². The quantitative estimate of drug-likeness (QED) is 0.286. The molecule has 0 saturated heterocycles. The minimum Gasteiger partial charge on any atom is -0.624 e. The Hall–Kier alpha value is -0.530. The molecule has 2 heteroatoms. The minimum absolute atomic E-state index is 0.295. The molecule has 0 radical (unpaired) electrons. The van der Waals surface area contributed by atoms with Gasteiger partial charge in [0.05, 0.1) is 0 Å². The standard InChI is InChI=1S/C11H21NO/c1-3-10(4-2)12(13)11-8-6-5-7-9-11/h11H,3-9H2,1-2H3. The van der Waals surface area contributed by atoms with Gasteiger partial charge in [0, 0.05) is 25.7 Å². The van der Waals surface area contributed by atoms with Crippen molar-refractivity contribution in [3.8, 4) is 0 Å². The van der Waals surface area contributed by atoms with Crippen LogP contribution in [-0.2, 0) is 0 Å². The highest BCUT2D eigenvalue weighted by atomic mass is 16.5. The van der Waals surface area contributed by atoms with Crippen molar-refractivity contribution in [1.82, 2.24) is 0 Å². The molecule has 1 saturated carbocycles. The average Bonchev–Trinajstić information content (AvgIpc) is 2.21. The Balaban J connectivity index is 2.61. The molecule has 0 atom stereocenters. The van der Waals surface area contributed by atoms with E-state index in [1.54, 1.807) is 0 Å². The van der Waals surface area contributed by atoms with Gasteiger partial charge in [-0.3, -0.25) is 0 Å². The summed E-state index contributed by atoms with van der Waals surface area (Å²) in [5.41, 5.74) is 1.08. The van der Waals surface area contributed by atoms with E-state index in [1.165, 1.54) is 24.0 Å². The Morgan fingerprint density at radius 2 is 1.69 bits per heavy atom. The van der Waals surface area contributed by atoms with Crippen molar-refractivity contribution in [2.24, 2.45) is 0 Å². The summed E-state index contributed by atoms with van der Waals surface area (Å²) in [4.78, 5) is 0. The molecule has 13 heavy (non-hydrogen) atoms. The third-order valence-corrected chi connectivity index (χ3v) is 3.03. The maximum absolute atomic E-state index is 11.8. The Labute approximate surface area is 81.2 Å². The van der Waals surface area contributed by atoms with Crippen LogP contribution in [0.4, 0.5) is 0 Å². The van der Waals surface area contributed by atoms with E-state index < -0.39 is 0 Å². The Morgan fingerprint density at radius 3 is 2.15 bits per heavy atom. The van der Waals surface area contributed by atoms with Gasteiger partial charge in [-0.05, 0) is 12.8 Å². The number of hydroxylamine groups is 1. The fraction of sp³-hybridized carbons (Fsp3) is 0.909. The van der Waals surface area contributed by atoms with Gasteiger partial charge >= 0.3 is 0 Å². The van der Waals surface area contributed by atoms with Crippen molar-refractivity contribution in [2.75, 3.05) is 0 Å². The molecule has 1 aliphatic carbocycles. The van der Waals surface area contributed by atoms with Crippen molar-refractivity contribution in [2.45, 2.75) is 64.8 Å². The highest BCUT2D eigenvalue weighted by Gasteiger charge is 2.21. The Kier molecular flexibility index (Phi) is 4.26. The van der Waals surface area contributed by atoms with Crippen LogP contribution in [-0.4, -0.2) is 16.5 Å². The highest BCUT2D eigenvalue weighted by Crippen LogP contribution is 2.20. The summed E-state index contributed by atoms with van der Waals surface area (Å²) in [7, 11) is 0. The molecule has 0 N–H and O–H groups in total. The molecule has 1 rings (SSSR count). The van der Waals surface area contributed by atoms with E-state index in [0.717, 1.165) is 31.4 Å². The second-order valence-corrected chi connectivity index (χ2v) is 3.89. The summed E-state index contributed by atoms with van der Waals surface area (Å²) >= 11 is 0. The van der Waals surface area contributed by atoms with Crippen molar-refractivity contribution in [1.29, 1.82) is 0 Å². The molecule has 0 bridgehead atoms. The molecule has 0 spiro atoms. The normalized spacial score (nSPS) is 18.6. The maximum atomic E-state index is 11.8. The lowest BCUT2D eigenvalue weighted by Gasteiger charge is -2.22. The molecular weight excluding hydrogens is 162 g/mol. The van der Waals surface area contributed by atoms with Crippen LogP contribution in [0.15, 0.2) is 0 Å². The second kappa shape index (κ2) is 5.25. The summed E-state index contributed by atoms with van der Waals surface area (Å²) in [6, 6.07) is 0.295. The van der Waals surface area contributed by atoms with Crippen LogP contribution in [0.2, 0.25) is 0 Å². The SMILES string of the molecule is CCC(CC)=[N+]([O-])C1CCCCC1. The van der Waals surface area contributed by atoms with Gasteiger partial charge in [-0.1, -0.05) is 20.3 Å². The lowest BCUT2D eigenvalue weighted by atomic mass is 9.95. The number of nitrogens with zero attached hydrogens (tertiary/aromatic N) is 1.